The van der Waals surface area contributed by atoms with E-state index in [4.69, 9.17) is 28.3 Å². The highest BCUT2D eigenvalue weighted by atomic mass is 16.2. The molecule has 1 aliphatic heterocycles. The molecule has 0 aromatic heterocycles. The molecule has 10 amide bonds. The summed E-state index contributed by atoms with van der Waals surface area (Å²) in [6.07, 6.45) is -0.912. The molecular formula is C38H60N14O10. The third-order valence-electron chi connectivity index (χ3n) is 9.35. The maximum absolute atomic E-state index is 14.0. The highest BCUT2D eigenvalue weighted by Crippen LogP contribution is 2.09. The van der Waals surface area contributed by atoms with E-state index >= 15 is 0 Å². The number of carbonyl (C=O) groups is 10. The predicted octanol–water partition coefficient (Wildman–Crippen LogP) is -5.67. The van der Waals surface area contributed by atoms with E-state index in [1.165, 1.54) is 6.92 Å². The average Bonchev–Trinajstić information content (AvgIpc) is 3.20. The van der Waals surface area contributed by atoms with Crippen molar-refractivity contribution in [2.75, 3.05) is 26.2 Å². The predicted molar refractivity (Wildman–Crippen MR) is 222 cm³/mol. The van der Waals surface area contributed by atoms with Gasteiger partial charge in [-0.2, -0.15) is 0 Å². The van der Waals surface area contributed by atoms with Crippen LogP contribution in [0.15, 0.2) is 30.3 Å². The number of primary amides is 2. The van der Waals surface area contributed by atoms with Crippen LogP contribution in [0.2, 0.25) is 0 Å². The molecule has 1 heterocycles. The summed E-state index contributed by atoms with van der Waals surface area (Å²) in [5.41, 5.74) is 22.5. The summed E-state index contributed by atoms with van der Waals surface area (Å²) in [5.74, 6) is -8.72. The van der Waals surface area contributed by atoms with E-state index in [2.05, 4.69) is 47.9 Å². The zero-order chi connectivity index (χ0) is 46.2. The molecular weight excluding hydrogens is 813 g/mol. The fourth-order valence-electron chi connectivity index (χ4n) is 6.18. The van der Waals surface area contributed by atoms with Crippen molar-refractivity contribution >= 4 is 65.0 Å². The summed E-state index contributed by atoms with van der Waals surface area (Å²) in [5, 5.41) is 30.0. The van der Waals surface area contributed by atoms with Gasteiger partial charge in [-0.25, -0.2) is 0 Å². The Hall–Kier alpha value is -6.85. The summed E-state index contributed by atoms with van der Waals surface area (Å²) in [4.78, 5) is 131. The summed E-state index contributed by atoms with van der Waals surface area (Å²) in [7, 11) is 0. The Morgan fingerprint density at radius 2 is 1.47 bits per heavy atom. The van der Waals surface area contributed by atoms with Crippen LogP contribution < -0.4 is 70.8 Å². The van der Waals surface area contributed by atoms with Crippen molar-refractivity contribution in [2.24, 2.45) is 22.9 Å². The Balaban J connectivity index is 2.58. The molecule has 1 fully saturated rings. The second-order valence-electron chi connectivity index (χ2n) is 14.5. The Morgan fingerprint density at radius 1 is 0.806 bits per heavy atom. The van der Waals surface area contributed by atoms with Crippen LogP contribution in [0.5, 0.6) is 0 Å². The first kappa shape index (κ1) is 51.3. The highest BCUT2D eigenvalue weighted by Gasteiger charge is 2.33. The number of hydrogen-bond acceptors (Lipinski definition) is 12. The zero-order valence-corrected chi connectivity index (χ0v) is 34.6. The van der Waals surface area contributed by atoms with Gasteiger partial charge in [0, 0.05) is 32.9 Å². The second-order valence-corrected chi connectivity index (χ2v) is 14.5. The topological polar surface area (TPSA) is 407 Å². The maximum Gasteiger partial charge on any atom is 0.243 e. The molecule has 62 heavy (non-hydrogen) atoms. The van der Waals surface area contributed by atoms with Crippen LogP contribution >= 0.6 is 0 Å². The molecule has 1 aliphatic rings. The lowest BCUT2D eigenvalue weighted by Crippen LogP contribution is -2.60. The van der Waals surface area contributed by atoms with Gasteiger partial charge in [0.15, 0.2) is 5.96 Å². The number of rotatable bonds is 15. The van der Waals surface area contributed by atoms with E-state index in [0.717, 1.165) is 0 Å². The van der Waals surface area contributed by atoms with Crippen molar-refractivity contribution in [1.29, 1.82) is 5.41 Å². The SMILES string of the molecule is CC(=O)N[C@@H](CCCN)C(=O)N[C@H]1CCCNC(=O)CC[C@@H](C(N)=O)NC(=O)CNC(=O)[C@H](CCCNC(=N)N)NC(=O)[C@@H](Cc2ccccc2)NC(=O)[C@H](CC(N)=O)NC1=O. The smallest absolute Gasteiger partial charge is 0.243 e. The first-order valence-corrected chi connectivity index (χ1v) is 20.1. The molecule has 24 nitrogen and oxygen atoms in total. The molecule has 0 unspecified atom stereocenters. The fraction of sp³-hybridized carbons (Fsp3) is 0.553. The van der Waals surface area contributed by atoms with Gasteiger partial charge in [-0.05, 0) is 57.1 Å². The molecule has 6 atom stereocenters. The van der Waals surface area contributed by atoms with Crippen LogP contribution in [0.1, 0.15) is 70.3 Å². The zero-order valence-electron chi connectivity index (χ0n) is 34.6. The number of carbonyl (C=O) groups excluding carboxylic acids is 10. The minimum Gasteiger partial charge on any atom is -0.370 e. The van der Waals surface area contributed by atoms with Crippen molar-refractivity contribution in [3.63, 3.8) is 0 Å². The van der Waals surface area contributed by atoms with E-state index in [9.17, 15) is 47.9 Å². The molecule has 1 aromatic carbocycles. The second kappa shape index (κ2) is 27.1. The highest BCUT2D eigenvalue weighted by molar-refractivity contribution is 5.98. The Bertz CT molecular complexity index is 1760. The van der Waals surface area contributed by atoms with Crippen LogP contribution in [0.3, 0.4) is 0 Å². The molecule has 0 bridgehead atoms. The van der Waals surface area contributed by atoms with Gasteiger partial charge in [0.25, 0.3) is 0 Å². The van der Waals surface area contributed by atoms with E-state index in [1.54, 1.807) is 30.3 Å². The Morgan fingerprint density at radius 3 is 2.10 bits per heavy atom. The van der Waals surface area contributed by atoms with E-state index < -0.39 is 108 Å². The lowest BCUT2D eigenvalue weighted by Gasteiger charge is -2.27. The number of benzene rings is 1. The number of hydrogen-bond donors (Lipinski definition) is 14. The van der Waals surface area contributed by atoms with Crippen molar-refractivity contribution in [2.45, 2.75) is 107 Å². The third-order valence-corrected chi connectivity index (χ3v) is 9.35. The monoisotopic (exact) mass is 872 g/mol. The molecule has 1 saturated heterocycles. The van der Waals surface area contributed by atoms with Crippen molar-refractivity contribution in [3.05, 3.63) is 35.9 Å². The van der Waals surface area contributed by atoms with Crippen LogP contribution in [-0.2, 0) is 54.4 Å². The number of guanidine groups is 1. The third kappa shape index (κ3) is 19.9. The fourth-order valence-corrected chi connectivity index (χ4v) is 6.18. The molecule has 1 aromatic rings. The lowest BCUT2D eigenvalue weighted by molar-refractivity contribution is -0.136. The van der Waals surface area contributed by atoms with E-state index in [-0.39, 0.29) is 77.0 Å². The molecule has 18 N–H and O–H groups in total. The average molecular weight is 873 g/mol. The first-order chi connectivity index (χ1) is 29.4. The van der Waals surface area contributed by atoms with E-state index in [1.807, 2.05) is 0 Å². The van der Waals surface area contributed by atoms with Gasteiger partial charge in [0.2, 0.25) is 59.1 Å². The molecule has 2 rings (SSSR count). The van der Waals surface area contributed by atoms with Crippen LogP contribution in [-0.4, -0.2) is 127 Å². The van der Waals surface area contributed by atoms with Gasteiger partial charge in [0.1, 0.15) is 36.3 Å². The normalized spacial score (nSPS) is 21.8. The molecule has 0 spiro atoms. The van der Waals surface area contributed by atoms with Crippen molar-refractivity contribution in [1.82, 2.24) is 47.9 Å². The Labute approximate surface area is 358 Å². The van der Waals surface area contributed by atoms with E-state index in [0.29, 0.717) is 12.0 Å². The molecule has 0 saturated carbocycles. The molecule has 342 valence electrons. The largest absolute Gasteiger partial charge is 0.370 e. The molecule has 0 aliphatic carbocycles. The van der Waals surface area contributed by atoms with Crippen LogP contribution in [0.4, 0.5) is 0 Å². The van der Waals surface area contributed by atoms with Gasteiger partial charge < -0.3 is 70.8 Å². The van der Waals surface area contributed by atoms with Crippen LogP contribution in [0.25, 0.3) is 0 Å². The minimum atomic E-state index is -1.69. The summed E-state index contributed by atoms with van der Waals surface area (Å²) < 4.78 is 0. The summed E-state index contributed by atoms with van der Waals surface area (Å²) in [6.45, 7) is 0.796. The quantitative estimate of drug-likeness (QED) is 0.0445. The van der Waals surface area contributed by atoms with Gasteiger partial charge in [0.05, 0.1) is 13.0 Å². The number of nitrogens with two attached hydrogens (primary N) is 4. The van der Waals surface area contributed by atoms with Gasteiger partial charge in [-0.1, -0.05) is 30.3 Å². The summed E-state index contributed by atoms with van der Waals surface area (Å²) >= 11 is 0. The maximum atomic E-state index is 14.0. The standard InChI is InChI=1S/C38H60N14O10/c1-21(53)47-25(10-5-15-39)34(59)50-26-12-6-16-44-30(55)14-13-23(32(41)57)48-31(56)20-46-33(58)24(11-7-17-45-38(42)43)49-36(61)27(18-22-8-3-2-4-9-22)51-37(62)28(19-29(40)54)52-35(26)60/h2-4,8-9,23-28H,5-7,10-20,39H2,1H3,(H2,40,54)(H2,41,57)(H,44,55)(H,46,58)(H,47,53)(H,48,56)(H,49,61)(H,50,59)(H,51,62)(H,52,60)(H4,42,43,45)/t23-,24-,25-,26-,27+,28-/m0/s1. The van der Waals surface area contributed by atoms with Crippen LogP contribution in [0, 0.1) is 5.41 Å². The first-order valence-electron chi connectivity index (χ1n) is 20.1. The van der Waals surface area contributed by atoms with Crippen molar-refractivity contribution in [3.8, 4) is 0 Å². The molecule has 24 heteroatoms. The van der Waals surface area contributed by atoms with Gasteiger partial charge in [-0.15, -0.1) is 0 Å². The minimum absolute atomic E-state index is 0.0477. The van der Waals surface area contributed by atoms with Crippen molar-refractivity contribution < 1.29 is 47.9 Å². The van der Waals surface area contributed by atoms with Gasteiger partial charge in [-0.3, -0.25) is 53.4 Å². The lowest BCUT2D eigenvalue weighted by atomic mass is 10.0. The van der Waals surface area contributed by atoms with Gasteiger partial charge >= 0.3 is 0 Å². The number of amides is 10. The number of nitrogens with one attached hydrogen (secondary N) is 10. The Kier molecular flexibility index (Phi) is 22.4. The summed E-state index contributed by atoms with van der Waals surface area (Å²) in [6, 6.07) is 0.126. The molecule has 0 radical (unpaired) electrons.